The summed E-state index contributed by atoms with van der Waals surface area (Å²) in [5, 5.41) is 5.19. The molecular formula is C10H21N3O3S2. The highest BCUT2D eigenvalue weighted by atomic mass is 32.2. The molecule has 2 amide bonds. The number of carbonyl (C=O) groups is 1. The van der Waals surface area contributed by atoms with Crippen molar-refractivity contribution in [2.24, 2.45) is 0 Å². The first-order chi connectivity index (χ1) is 8.42. The van der Waals surface area contributed by atoms with Gasteiger partial charge in [-0.25, -0.2) is 17.5 Å². The maximum atomic E-state index is 11.9. The van der Waals surface area contributed by atoms with E-state index in [1.54, 1.807) is 11.8 Å². The molecule has 0 aliphatic carbocycles. The van der Waals surface area contributed by atoms with Gasteiger partial charge in [-0.1, -0.05) is 0 Å². The summed E-state index contributed by atoms with van der Waals surface area (Å²) in [6.45, 7) is 4.99. The van der Waals surface area contributed by atoms with Crippen LogP contribution in [0.4, 0.5) is 4.79 Å². The van der Waals surface area contributed by atoms with Crippen molar-refractivity contribution in [2.75, 3.05) is 36.9 Å². The standard InChI is InChI=1S/C10H21N3O3S2/c1-9(2)12-10(14)11-3-8-18(15,16)13-4-6-17-7-5-13/h9H,3-8H2,1-2H3,(H2,11,12,14). The van der Waals surface area contributed by atoms with Crippen LogP contribution < -0.4 is 10.6 Å². The fourth-order valence-corrected chi connectivity index (χ4v) is 4.05. The summed E-state index contributed by atoms with van der Waals surface area (Å²) in [4.78, 5) is 11.3. The van der Waals surface area contributed by atoms with Gasteiger partial charge in [0.15, 0.2) is 0 Å². The van der Waals surface area contributed by atoms with Crippen molar-refractivity contribution in [3.05, 3.63) is 0 Å². The van der Waals surface area contributed by atoms with E-state index in [1.165, 1.54) is 4.31 Å². The summed E-state index contributed by atoms with van der Waals surface area (Å²) < 4.78 is 25.4. The first kappa shape index (κ1) is 15.6. The number of nitrogens with one attached hydrogen (secondary N) is 2. The van der Waals surface area contributed by atoms with E-state index < -0.39 is 10.0 Å². The molecule has 0 saturated carbocycles. The van der Waals surface area contributed by atoms with Crippen LogP contribution >= 0.6 is 11.8 Å². The Morgan fingerprint density at radius 1 is 1.33 bits per heavy atom. The zero-order chi connectivity index (χ0) is 13.6. The Balaban J connectivity index is 2.31. The Bertz CT molecular complexity index is 365. The molecule has 1 saturated heterocycles. The molecule has 0 bridgehead atoms. The van der Waals surface area contributed by atoms with Crippen LogP contribution in [-0.4, -0.2) is 61.7 Å². The van der Waals surface area contributed by atoms with Crippen molar-refractivity contribution in [2.45, 2.75) is 19.9 Å². The highest BCUT2D eigenvalue weighted by molar-refractivity contribution is 7.99. The van der Waals surface area contributed by atoms with E-state index in [1.807, 2.05) is 13.8 Å². The zero-order valence-corrected chi connectivity index (χ0v) is 12.4. The maximum Gasteiger partial charge on any atom is 0.315 e. The Hall–Kier alpha value is -0.470. The van der Waals surface area contributed by atoms with E-state index in [4.69, 9.17) is 0 Å². The second-order valence-corrected chi connectivity index (χ2v) is 7.70. The first-order valence-corrected chi connectivity index (χ1v) is 8.78. The van der Waals surface area contributed by atoms with Gasteiger partial charge in [-0.2, -0.15) is 11.8 Å². The van der Waals surface area contributed by atoms with Crippen molar-refractivity contribution in [3.63, 3.8) is 0 Å². The molecule has 2 N–H and O–H groups in total. The van der Waals surface area contributed by atoms with Gasteiger partial charge in [0.2, 0.25) is 10.0 Å². The summed E-state index contributed by atoms with van der Waals surface area (Å²) in [5.41, 5.74) is 0. The number of sulfonamides is 1. The molecule has 0 aromatic carbocycles. The average molecular weight is 295 g/mol. The molecule has 106 valence electrons. The van der Waals surface area contributed by atoms with Crippen molar-refractivity contribution in [1.82, 2.24) is 14.9 Å². The van der Waals surface area contributed by atoms with Crippen LogP contribution in [0.3, 0.4) is 0 Å². The van der Waals surface area contributed by atoms with Crippen LogP contribution in [0, 0.1) is 0 Å². The van der Waals surface area contributed by atoms with Crippen LogP contribution in [0.5, 0.6) is 0 Å². The topological polar surface area (TPSA) is 78.5 Å². The third-order valence-electron chi connectivity index (χ3n) is 2.43. The van der Waals surface area contributed by atoms with Gasteiger partial charge in [0, 0.05) is 37.2 Å². The summed E-state index contributed by atoms with van der Waals surface area (Å²) in [7, 11) is -3.23. The predicted molar refractivity (Wildman–Crippen MR) is 74.4 cm³/mol. The number of hydrogen-bond acceptors (Lipinski definition) is 4. The molecule has 0 radical (unpaired) electrons. The molecule has 0 spiro atoms. The lowest BCUT2D eigenvalue weighted by atomic mass is 10.4. The van der Waals surface area contributed by atoms with Crippen molar-refractivity contribution < 1.29 is 13.2 Å². The van der Waals surface area contributed by atoms with Crippen molar-refractivity contribution in [3.8, 4) is 0 Å². The second kappa shape index (κ2) is 7.20. The van der Waals surface area contributed by atoms with Gasteiger partial charge in [-0.15, -0.1) is 0 Å². The molecule has 1 heterocycles. The van der Waals surface area contributed by atoms with Gasteiger partial charge < -0.3 is 10.6 Å². The highest BCUT2D eigenvalue weighted by Crippen LogP contribution is 2.12. The Labute approximate surface area is 113 Å². The molecule has 6 nitrogen and oxygen atoms in total. The van der Waals surface area contributed by atoms with Gasteiger partial charge in [0.05, 0.1) is 5.75 Å². The van der Waals surface area contributed by atoms with E-state index in [0.29, 0.717) is 13.1 Å². The number of rotatable bonds is 5. The summed E-state index contributed by atoms with van der Waals surface area (Å²) in [5.74, 6) is 1.66. The van der Waals surface area contributed by atoms with E-state index >= 15 is 0 Å². The fourth-order valence-electron chi connectivity index (χ4n) is 1.56. The molecule has 8 heteroatoms. The minimum absolute atomic E-state index is 0.0385. The van der Waals surface area contributed by atoms with Gasteiger partial charge in [-0.3, -0.25) is 0 Å². The fraction of sp³-hybridized carbons (Fsp3) is 0.900. The van der Waals surface area contributed by atoms with Crippen LogP contribution in [0.1, 0.15) is 13.8 Å². The molecule has 0 aromatic heterocycles. The van der Waals surface area contributed by atoms with E-state index in [2.05, 4.69) is 10.6 Å². The van der Waals surface area contributed by atoms with Gasteiger partial charge in [0.1, 0.15) is 0 Å². The smallest absolute Gasteiger partial charge is 0.315 e. The van der Waals surface area contributed by atoms with Crippen molar-refractivity contribution >= 4 is 27.8 Å². The molecule has 0 unspecified atom stereocenters. The van der Waals surface area contributed by atoms with Gasteiger partial charge in [0.25, 0.3) is 0 Å². The number of carbonyl (C=O) groups excluding carboxylic acids is 1. The van der Waals surface area contributed by atoms with Gasteiger partial charge >= 0.3 is 6.03 Å². The Morgan fingerprint density at radius 3 is 2.50 bits per heavy atom. The lowest BCUT2D eigenvalue weighted by Gasteiger charge is -2.25. The molecule has 0 atom stereocenters. The second-order valence-electron chi connectivity index (χ2n) is 4.38. The normalized spacial score (nSPS) is 17.7. The third-order valence-corrected chi connectivity index (χ3v) is 5.24. The first-order valence-electron chi connectivity index (χ1n) is 6.02. The molecular weight excluding hydrogens is 274 g/mol. The number of amides is 2. The number of nitrogens with zero attached hydrogens (tertiary/aromatic N) is 1. The summed E-state index contributed by atoms with van der Waals surface area (Å²) in [6, 6.07) is -0.282. The van der Waals surface area contributed by atoms with Gasteiger partial charge in [-0.05, 0) is 13.8 Å². The minimum atomic E-state index is -3.23. The van der Waals surface area contributed by atoms with Crippen molar-refractivity contribution in [1.29, 1.82) is 0 Å². The summed E-state index contributed by atoms with van der Waals surface area (Å²) >= 11 is 1.76. The Morgan fingerprint density at radius 2 is 1.94 bits per heavy atom. The largest absolute Gasteiger partial charge is 0.337 e. The summed E-state index contributed by atoms with van der Waals surface area (Å²) in [6.07, 6.45) is 0. The predicted octanol–water partition coefficient (Wildman–Crippen LogP) is 0.0726. The molecule has 1 aliphatic rings. The van der Waals surface area contributed by atoms with E-state index in [-0.39, 0.29) is 24.4 Å². The number of urea groups is 1. The Kier molecular flexibility index (Phi) is 6.24. The van der Waals surface area contributed by atoms with Crippen LogP contribution in [0.15, 0.2) is 0 Å². The highest BCUT2D eigenvalue weighted by Gasteiger charge is 2.23. The number of hydrogen-bond donors (Lipinski definition) is 2. The van der Waals surface area contributed by atoms with Crippen LogP contribution in [0.2, 0.25) is 0 Å². The average Bonchev–Trinajstić information content (AvgIpc) is 2.29. The molecule has 18 heavy (non-hydrogen) atoms. The molecule has 1 aliphatic heterocycles. The molecule has 1 rings (SSSR count). The lowest BCUT2D eigenvalue weighted by molar-refractivity contribution is 0.239. The van der Waals surface area contributed by atoms with E-state index in [9.17, 15) is 13.2 Å². The molecule has 1 fully saturated rings. The quantitative estimate of drug-likeness (QED) is 0.752. The van der Waals surface area contributed by atoms with E-state index in [0.717, 1.165) is 11.5 Å². The van der Waals surface area contributed by atoms with Crippen LogP contribution in [0.25, 0.3) is 0 Å². The zero-order valence-electron chi connectivity index (χ0n) is 10.8. The lowest BCUT2D eigenvalue weighted by Crippen LogP contribution is -2.44. The molecule has 0 aromatic rings. The monoisotopic (exact) mass is 295 g/mol. The third kappa shape index (κ3) is 5.45. The SMILES string of the molecule is CC(C)NC(=O)NCCS(=O)(=O)N1CCSCC1. The number of thioether (sulfide) groups is 1. The van der Waals surface area contributed by atoms with Crippen LogP contribution in [-0.2, 0) is 10.0 Å². The minimum Gasteiger partial charge on any atom is -0.337 e. The maximum absolute atomic E-state index is 11.9.